The topological polar surface area (TPSA) is 76.1 Å². The smallest absolute Gasteiger partial charge is 0.407 e. The fraction of sp³-hybridized carbons (Fsp3) is 0.312. The molecule has 7 heteroatoms. The number of hydrogen-bond donors (Lipinski definition) is 2. The maximum absolute atomic E-state index is 13.5. The van der Waals surface area contributed by atoms with Crippen LogP contribution in [0.15, 0.2) is 97.1 Å². The number of anilines is 1. The molecule has 39 heavy (non-hydrogen) atoms. The third kappa shape index (κ3) is 8.19. The van der Waals surface area contributed by atoms with Crippen molar-refractivity contribution in [3.05, 3.63) is 114 Å². The Morgan fingerprint density at radius 2 is 1.46 bits per heavy atom. The van der Waals surface area contributed by atoms with Crippen molar-refractivity contribution in [2.75, 3.05) is 51.1 Å². The number of nitrogens with zero attached hydrogens (tertiary/aromatic N) is 3. The summed E-state index contributed by atoms with van der Waals surface area (Å²) in [6.07, 6.45) is -0.112. The second kappa shape index (κ2) is 13.6. The molecule has 0 aliphatic carbocycles. The number of rotatable bonds is 10. The van der Waals surface area contributed by atoms with Crippen LogP contribution in [0.25, 0.3) is 0 Å². The molecule has 204 valence electrons. The molecule has 7 nitrogen and oxygen atoms in total. The Balaban J connectivity index is 1.46. The first-order valence-electron chi connectivity index (χ1n) is 13.5. The van der Waals surface area contributed by atoms with Gasteiger partial charge in [0.2, 0.25) is 0 Å². The first kappa shape index (κ1) is 27.9. The zero-order chi connectivity index (χ0) is 27.6. The molecule has 1 saturated heterocycles. The molecule has 1 aliphatic rings. The first-order valence-corrected chi connectivity index (χ1v) is 13.5. The van der Waals surface area contributed by atoms with Crippen molar-refractivity contribution in [1.29, 1.82) is 0 Å². The molecule has 1 heterocycles. The molecule has 3 amide bonds. The molecule has 0 saturated carbocycles. The number of piperazine rings is 1. The second-order valence-electron chi connectivity index (χ2n) is 10.2. The minimum atomic E-state index is -0.876. The third-order valence-electron chi connectivity index (χ3n) is 7.19. The number of urea groups is 1. The summed E-state index contributed by atoms with van der Waals surface area (Å²) in [6, 6.07) is 28.5. The quantitative estimate of drug-likeness (QED) is 0.323. The summed E-state index contributed by atoms with van der Waals surface area (Å²) >= 11 is 0. The number of amides is 3. The van der Waals surface area contributed by atoms with E-state index in [9.17, 15) is 14.7 Å². The van der Waals surface area contributed by atoms with E-state index in [2.05, 4.69) is 65.3 Å². The van der Waals surface area contributed by atoms with Crippen LogP contribution in [0.2, 0.25) is 0 Å². The minimum Gasteiger partial charge on any atom is -0.465 e. The van der Waals surface area contributed by atoms with Crippen molar-refractivity contribution in [2.24, 2.45) is 0 Å². The van der Waals surface area contributed by atoms with Crippen LogP contribution < -0.4 is 5.32 Å². The summed E-state index contributed by atoms with van der Waals surface area (Å²) in [5.74, 6) is 0.152. The number of aryl methyl sites for hydroxylation is 1. The molecular formula is C32H38N4O3. The van der Waals surface area contributed by atoms with E-state index < -0.39 is 6.09 Å². The summed E-state index contributed by atoms with van der Waals surface area (Å²) in [5.41, 5.74) is 5.26. The van der Waals surface area contributed by atoms with E-state index >= 15 is 0 Å². The predicted molar refractivity (Wildman–Crippen MR) is 156 cm³/mol. The monoisotopic (exact) mass is 526 g/mol. The number of carbonyl (C=O) groups excluding carboxylic acids is 1. The van der Waals surface area contributed by atoms with Crippen LogP contribution in [0.1, 0.15) is 29.0 Å². The van der Waals surface area contributed by atoms with Gasteiger partial charge in [-0.25, -0.2) is 9.59 Å². The number of hydrogen-bond acceptors (Lipinski definition) is 3. The van der Waals surface area contributed by atoms with Crippen LogP contribution in [0.5, 0.6) is 0 Å². The average Bonchev–Trinajstić information content (AvgIpc) is 2.95. The standard InChI is InChI=1S/C32H38N4O3/c1-25-13-15-29(16-14-25)33-31(37)36(24-26(2)23-34-19-21-35(22-20-34)32(38)39)18-17-30(27-9-5-3-6-10-27)28-11-7-4-8-12-28/h3-16,30H,2,17-24H2,1H3,(H,33,37)(H,38,39). The lowest BCUT2D eigenvalue weighted by atomic mass is 9.88. The van der Waals surface area contributed by atoms with E-state index in [1.54, 1.807) is 0 Å². The van der Waals surface area contributed by atoms with Gasteiger partial charge in [0.1, 0.15) is 0 Å². The molecular weight excluding hydrogens is 488 g/mol. The molecule has 1 aliphatic heterocycles. The normalized spacial score (nSPS) is 13.7. The molecule has 0 atom stereocenters. The Kier molecular flexibility index (Phi) is 9.75. The number of benzene rings is 3. The van der Waals surface area contributed by atoms with Crippen LogP contribution >= 0.6 is 0 Å². The number of nitrogens with one attached hydrogen (secondary N) is 1. The fourth-order valence-corrected chi connectivity index (χ4v) is 5.01. The Morgan fingerprint density at radius 1 is 0.897 bits per heavy atom. The lowest BCUT2D eigenvalue weighted by Crippen LogP contribution is -2.49. The van der Waals surface area contributed by atoms with Gasteiger partial charge >= 0.3 is 12.1 Å². The lowest BCUT2D eigenvalue weighted by Gasteiger charge is -2.34. The van der Waals surface area contributed by atoms with Crippen molar-refractivity contribution in [2.45, 2.75) is 19.3 Å². The predicted octanol–water partition coefficient (Wildman–Crippen LogP) is 5.90. The molecule has 0 spiro atoms. The molecule has 3 aromatic carbocycles. The Bertz CT molecular complexity index is 1180. The molecule has 3 aromatic rings. The van der Waals surface area contributed by atoms with Gasteiger partial charge in [0.25, 0.3) is 0 Å². The summed E-state index contributed by atoms with van der Waals surface area (Å²) in [7, 11) is 0. The first-order chi connectivity index (χ1) is 18.9. The van der Waals surface area contributed by atoms with E-state index in [-0.39, 0.29) is 11.9 Å². The van der Waals surface area contributed by atoms with Crippen molar-refractivity contribution in [1.82, 2.24) is 14.7 Å². The van der Waals surface area contributed by atoms with Crippen molar-refractivity contribution in [3.8, 4) is 0 Å². The number of carbonyl (C=O) groups is 2. The average molecular weight is 527 g/mol. The van der Waals surface area contributed by atoms with Crippen LogP contribution in [0.3, 0.4) is 0 Å². The molecule has 0 bridgehead atoms. The van der Waals surface area contributed by atoms with E-state index in [4.69, 9.17) is 0 Å². The molecule has 4 rings (SSSR count). The second-order valence-corrected chi connectivity index (χ2v) is 10.2. The molecule has 0 aromatic heterocycles. The minimum absolute atomic E-state index is 0.152. The SMILES string of the molecule is C=C(CN1CCN(C(=O)O)CC1)CN(CCC(c1ccccc1)c1ccccc1)C(=O)Nc1ccc(C)cc1. The van der Waals surface area contributed by atoms with Gasteiger partial charge in [-0.05, 0) is 42.2 Å². The van der Waals surface area contributed by atoms with Gasteiger partial charge in [0.05, 0.1) is 0 Å². The van der Waals surface area contributed by atoms with Gasteiger partial charge in [-0.3, -0.25) is 4.90 Å². The van der Waals surface area contributed by atoms with E-state index in [0.717, 1.165) is 23.2 Å². The van der Waals surface area contributed by atoms with Crippen molar-refractivity contribution < 1.29 is 14.7 Å². The van der Waals surface area contributed by atoms with Crippen molar-refractivity contribution in [3.63, 3.8) is 0 Å². The van der Waals surface area contributed by atoms with E-state index in [1.165, 1.54) is 16.0 Å². The molecule has 2 N–H and O–H groups in total. The lowest BCUT2D eigenvalue weighted by molar-refractivity contribution is 0.108. The zero-order valence-electron chi connectivity index (χ0n) is 22.6. The van der Waals surface area contributed by atoms with Gasteiger partial charge in [-0.1, -0.05) is 84.9 Å². The van der Waals surface area contributed by atoms with Crippen LogP contribution in [0.4, 0.5) is 15.3 Å². The zero-order valence-corrected chi connectivity index (χ0v) is 22.6. The van der Waals surface area contributed by atoms with Crippen LogP contribution in [0, 0.1) is 6.92 Å². The molecule has 1 fully saturated rings. The highest BCUT2D eigenvalue weighted by Gasteiger charge is 2.23. The van der Waals surface area contributed by atoms with Crippen LogP contribution in [-0.2, 0) is 0 Å². The maximum Gasteiger partial charge on any atom is 0.407 e. The third-order valence-corrected chi connectivity index (χ3v) is 7.19. The molecule has 0 radical (unpaired) electrons. The summed E-state index contributed by atoms with van der Waals surface area (Å²) in [4.78, 5) is 30.2. The van der Waals surface area contributed by atoms with Crippen LogP contribution in [-0.4, -0.2) is 77.7 Å². The number of carboxylic acid groups (broad SMARTS) is 1. The Labute approximate surface area is 231 Å². The fourth-order valence-electron chi connectivity index (χ4n) is 5.01. The summed E-state index contributed by atoms with van der Waals surface area (Å²) in [5, 5.41) is 12.3. The van der Waals surface area contributed by atoms with Gasteiger partial charge in [-0.2, -0.15) is 0 Å². The van der Waals surface area contributed by atoms with Gasteiger partial charge in [0, 0.05) is 57.4 Å². The van der Waals surface area contributed by atoms with Gasteiger partial charge in [-0.15, -0.1) is 0 Å². The van der Waals surface area contributed by atoms with E-state index in [1.807, 2.05) is 48.2 Å². The summed E-state index contributed by atoms with van der Waals surface area (Å²) in [6.45, 7) is 10.2. The highest BCUT2D eigenvalue weighted by Crippen LogP contribution is 2.28. The van der Waals surface area contributed by atoms with Gasteiger partial charge < -0.3 is 20.2 Å². The maximum atomic E-state index is 13.5. The highest BCUT2D eigenvalue weighted by molar-refractivity contribution is 5.89. The Hall–Kier alpha value is -4.10. The summed E-state index contributed by atoms with van der Waals surface area (Å²) < 4.78 is 0. The van der Waals surface area contributed by atoms with Gasteiger partial charge in [0.15, 0.2) is 0 Å². The molecule has 0 unspecified atom stereocenters. The Morgan fingerprint density at radius 3 is 2.00 bits per heavy atom. The van der Waals surface area contributed by atoms with Crippen molar-refractivity contribution >= 4 is 17.8 Å². The highest BCUT2D eigenvalue weighted by atomic mass is 16.4. The largest absolute Gasteiger partial charge is 0.465 e. The van der Waals surface area contributed by atoms with E-state index in [0.29, 0.717) is 45.8 Å².